The molecule has 1 saturated carbocycles. The Labute approximate surface area is 82.3 Å². The van der Waals surface area contributed by atoms with E-state index in [4.69, 9.17) is 4.74 Å². The molecule has 82 valence electrons. The van der Waals surface area contributed by atoms with E-state index in [2.05, 4.69) is 0 Å². The fourth-order valence-electron chi connectivity index (χ4n) is 2.15. The number of halogens is 2. The lowest BCUT2D eigenvalue weighted by atomic mass is 9.91. The number of rotatable bonds is 3. The van der Waals surface area contributed by atoms with Gasteiger partial charge in [-0.3, -0.25) is 0 Å². The van der Waals surface area contributed by atoms with Gasteiger partial charge in [0, 0.05) is 24.4 Å². The van der Waals surface area contributed by atoms with Gasteiger partial charge < -0.3 is 9.84 Å². The van der Waals surface area contributed by atoms with E-state index in [0.717, 1.165) is 6.42 Å². The zero-order chi connectivity index (χ0) is 10.4. The molecule has 1 heterocycles. The molecule has 4 heteroatoms. The molecule has 14 heavy (non-hydrogen) atoms. The van der Waals surface area contributed by atoms with Gasteiger partial charge in [0.25, 0.3) is 5.92 Å². The molecule has 1 aliphatic carbocycles. The minimum Gasteiger partial charge on any atom is -0.393 e. The van der Waals surface area contributed by atoms with E-state index in [0.29, 0.717) is 13.2 Å². The maximum Gasteiger partial charge on any atom is 0.254 e. The quantitative estimate of drug-likeness (QED) is 0.763. The van der Waals surface area contributed by atoms with Gasteiger partial charge in [-0.15, -0.1) is 0 Å². The molecule has 0 aromatic rings. The molecule has 1 aliphatic heterocycles. The predicted molar refractivity (Wildman–Crippen MR) is 47.2 cm³/mol. The van der Waals surface area contributed by atoms with E-state index < -0.39 is 17.4 Å². The van der Waals surface area contributed by atoms with Gasteiger partial charge in [-0.05, 0) is 12.8 Å². The lowest BCUT2D eigenvalue weighted by Gasteiger charge is -2.20. The van der Waals surface area contributed by atoms with Crippen LogP contribution in [0.3, 0.4) is 0 Å². The molecule has 0 aromatic carbocycles. The molecule has 0 aromatic heterocycles. The van der Waals surface area contributed by atoms with E-state index in [9.17, 15) is 13.9 Å². The molecule has 2 fully saturated rings. The van der Waals surface area contributed by atoms with Gasteiger partial charge in [0.2, 0.25) is 0 Å². The third kappa shape index (κ3) is 1.65. The van der Waals surface area contributed by atoms with Crippen molar-refractivity contribution in [1.29, 1.82) is 0 Å². The second-order valence-electron chi connectivity index (χ2n) is 4.84. The monoisotopic (exact) mass is 206 g/mol. The van der Waals surface area contributed by atoms with Crippen LogP contribution in [0.1, 0.15) is 26.2 Å². The molecule has 2 aliphatic rings. The number of alkyl halides is 2. The van der Waals surface area contributed by atoms with E-state index in [1.165, 1.54) is 0 Å². The highest BCUT2D eigenvalue weighted by atomic mass is 19.3. The maximum atomic E-state index is 12.9. The Hall–Kier alpha value is -0.220. The minimum absolute atomic E-state index is 0.0585. The van der Waals surface area contributed by atoms with Crippen LogP contribution in [0.25, 0.3) is 0 Å². The molecule has 1 N–H and O–H groups in total. The Balaban J connectivity index is 1.86. The van der Waals surface area contributed by atoms with Crippen LogP contribution in [0.4, 0.5) is 8.78 Å². The topological polar surface area (TPSA) is 29.5 Å². The average Bonchev–Trinajstić information content (AvgIpc) is 2.55. The average molecular weight is 206 g/mol. The highest BCUT2D eigenvalue weighted by molar-refractivity contribution is 5.08. The summed E-state index contributed by atoms with van der Waals surface area (Å²) < 4.78 is 30.9. The Morgan fingerprint density at radius 2 is 2.21 bits per heavy atom. The summed E-state index contributed by atoms with van der Waals surface area (Å²) in [5.74, 6) is -2.50. The van der Waals surface area contributed by atoms with E-state index in [-0.39, 0.29) is 18.8 Å². The van der Waals surface area contributed by atoms with Crippen molar-refractivity contribution < 1.29 is 18.6 Å². The first-order valence-electron chi connectivity index (χ1n) is 5.08. The van der Waals surface area contributed by atoms with Gasteiger partial charge in [0.15, 0.2) is 0 Å². The van der Waals surface area contributed by atoms with Gasteiger partial charge >= 0.3 is 0 Å². The van der Waals surface area contributed by atoms with Gasteiger partial charge in [-0.25, -0.2) is 8.78 Å². The highest BCUT2D eigenvalue weighted by Gasteiger charge is 2.68. The van der Waals surface area contributed by atoms with E-state index in [1.54, 1.807) is 6.92 Å². The summed E-state index contributed by atoms with van der Waals surface area (Å²) in [6.07, 6.45) is 0.289. The summed E-state index contributed by atoms with van der Waals surface area (Å²) in [6.45, 7) is 2.71. The van der Waals surface area contributed by atoms with Crippen LogP contribution in [-0.4, -0.2) is 30.3 Å². The normalized spacial score (nSPS) is 42.4. The van der Waals surface area contributed by atoms with E-state index >= 15 is 0 Å². The molecule has 0 radical (unpaired) electrons. The molecule has 0 bridgehead atoms. The standard InChI is InChI=1S/C10H16F2O2/c1-9(6-10(9,11)12)4-8(13)7-2-3-14-5-7/h7-8,13H,2-6H2,1H3. The molecular weight excluding hydrogens is 190 g/mol. The zero-order valence-electron chi connectivity index (χ0n) is 8.30. The van der Waals surface area contributed by atoms with Crippen molar-refractivity contribution in [1.82, 2.24) is 0 Å². The number of aliphatic hydroxyl groups excluding tert-OH is 1. The van der Waals surface area contributed by atoms with Crippen molar-refractivity contribution in [3.8, 4) is 0 Å². The first-order valence-corrected chi connectivity index (χ1v) is 5.08. The summed E-state index contributed by atoms with van der Waals surface area (Å²) >= 11 is 0. The van der Waals surface area contributed by atoms with Crippen LogP contribution in [0, 0.1) is 11.3 Å². The maximum absolute atomic E-state index is 12.9. The minimum atomic E-state index is -2.56. The summed E-state index contributed by atoms with van der Waals surface area (Å²) in [7, 11) is 0. The Kier molecular flexibility index (Phi) is 2.31. The SMILES string of the molecule is CC1(CC(O)C2CCOC2)CC1(F)F. The Morgan fingerprint density at radius 3 is 2.64 bits per heavy atom. The van der Waals surface area contributed by atoms with E-state index in [1.807, 2.05) is 0 Å². The van der Waals surface area contributed by atoms with Crippen molar-refractivity contribution in [2.24, 2.45) is 11.3 Å². The van der Waals surface area contributed by atoms with Crippen LogP contribution < -0.4 is 0 Å². The molecule has 2 nitrogen and oxygen atoms in total. The van der Waals surface area contributed by atoms with Gasteiger partial charge in [-0.2, -0.15) is 0 Å². The van der Waals surface area contributed by atoms with Crippen molar-refractivity contribution in [2.45, 2.75) is 38.2 Å². The van der Waals surface area contributed by atoms with Gasteiger partial charge in [0.1, 0.15) is 0 Å². The Morgan fingerprint density at radius 1 is 1.57 bits per heavy atom. The smallest absolute Gasteiger partial charge is 0.254 e. The first kappa shape index (κ1) is 10.3. The molecule has 3 unspecified atom stereocenters. The van der Waals surface area contributed by atoms with Crippen LogP contribution >= 0.6 is 0 Å². The lowest BCUT2D eigenvalue weighted by Crippen LogP contribution is -2.25. The third-order valence-electron chi connectivity index (χ3n) is 3.54. The second kappa shape index (κ2) is 3.14. The van der Waals surface area contributed by atoms with Crippen LogP contribution in [0.15, 0.2) is 0 Å². The predicted octanol–water partition coefficient (Wildman–Crippen LogP) is 1.82. The number of aliphatic hydroxyl groups is 1. The van der Waals surface area contributed by atoms with Crippen LogP contribution in [0.5, 0.6) is 0 Å². The molecule has 2 rings (SSSR count). The molecule has 1 saturated heterocycles. The van der Waals surface area contributed by atoms with Crippen LogP contribution in [-0.2, 0) is 4.74 Å². The van der Waals surface area contributed by atoms with Crippen molar-refractivity contribution in [2.75, 3.05) is 13.2 Å². The number of hydrogen-bond donors (Lipinski definition) is 1. The molecule has 3 atom stereocenters. The largest absolute Gasteiger partial charge is 0.393 e. The highest BCUT2D eigenvalue weighted by Crippen LogP contribution is 2.63. The van der Waals surface area contributed by atoms with Gasteiger partial charge in [0.05, 0.1) is 12.7 Å². The summed E-state index contributed by atoms with van der Waals surface area (Å²) in [5.41, 5.74) is -0.963. The summed E-state index contributed by atoms with van der Waals surface area (Å²) in [4.78, 5) is 0. The number of ether oxygens (including phenoxy) is 1. The van der Waals surface area contributed by atoms with Crippen molar-refractivity contribution in [3.63, 3.8) is 0 Å². The molecule has 0 spiro atoms. The van der Waals surface area contributed by atoms with Crippen molar-refractivity contribution in [3.05, 3.63) is 0 Å². The fraction of sp³-hybridized carbons (Fsp3) is 1.00. The number of hydrogen-bond acceptors (Lipinski definition) is 2. The van der Waals surface area contributed by atoms with Gasteiger partial charge in [-0.1, -0.05) is 6.92 Å². The second-order valence-corrected chi connectivity index (χ2v) is 4.84. The summed E-state index contributed by atoms with van der Waals surface area (Å²) in [6, 6.07) is 0. The summed E-state index contributed by atoms with van der Waals surface area (Å²) in [5, 5.41) is 9.74. The zero-order valence-corrected chi connectivity index (χ0v) is 8.30. The lowest BCUT2D eigenvalue weighted by molar-refractivity contribution is 0.0213. The third-order valence-corrected chi connectivity index (χ3v) is 3.54. The fourth-order valence-corrected chi connectivity index (χ4v) is 2.15. The molecular formula is C10H16F2O2. The first-order chi connectivity index (χ1) is 6.45. The Bertz CT molecular complexity index is 226. The van der Waals surface area contributed by atoms with Crippen molar-refractivity contribution >= 4 is 0 Å². The van der Waals surface area contributed by atoms with Crippen LogP contribution in [0.2, 0.25) is 0 Å². The molecule has 0 amide bonds.